The van der Waals surface area contributed by atoms with Gasteiger partial charge in [-0.25, -0.2) is 13.8 Å². The fourth-order valence-corrected chi connectivity index (χ4v) is 3.74. The molecule has 0 unspecified atom stereocenters. The summed E-state index contributed by atoms with van der Waals surface area (Å²) in [6.07, 6.45) is 5.18. The van der Waals surface area contributed by atoms with Crippen molar-refractivity contribution in [2.24, 2.45) is 11.7 Å². The summed E-state index contributed by atoms with van der Waals surface area (Å²) in [5.41, 5.74) is 6.91. The first-order chi connectivity index (χ1) is 14.4. The van der Waals surface area contributed by atoms with E-state index in [0.29, 0.717) is 18.2 Å². The molecule has 2 atom stereocenters. The van der Waals surface area contributed by atoms with Crippen molar-refractivity contribution < 1.29 is 18.0 Å². The number of amides is 1. The van der Waals surface area contributed by atoms with Crippen molar-refractivity contribution >= 4 is 17.3 Å². The molecule has 1 aromatic carbocycles. The lowest BCUT2D eigenvalue weighted by atomic mass is 9.96. The van der Waals surface area contributed by atoms with Crippen LogP contribution in [-0.2, 0) is 0 Å². The summed E-state index contributed by atoms with van der Waals surface area (Å²) in [5.74, 6) is -2.12. The first-order valence-corrected chi connectivity index (χ1v) is 9.58. The van der Waals surface area contributed by atoms with Gasteiger partial charge in [0, 0.05) is 25.3 Å². The minimum atomic E-state index is -0.825. The van der Waals surface area contributed by atoms with Gasteiger partial charge in [-0.15, -0.1) is 0 Å². The topological polar surface area (TPSA) is 97.3 Å². The Hall–Kier alpha value is -3.33. The Morgan fingerprint density at radius 2 is 2.03 bits per heavy atom. The zero-order valence-corrected chi connectivity index (χ0v) is 16.3. The molecule has 1 amide bonds. The maximum atomic E-state index is 14.0. The Morgan fingerprint density at radius 3 is 2.77 bits per heavy atom. The van der Waals surface area contributed by atoms with Gasteiger partial charge in [-0.3, -0.25) is 9.78 Å². The number of carbonyl (C=O) groups excluding carboxylic acids is 1. The van der Waals surface area contributed by atoms with E-state index in [0.717, 1.165) is 37.0 Å². The van der Waals surface area contributed by atoms with Gasteiger partial charge in [0.1, 0.15) is 23.5 Å². The molecule has 1 fully saturated rings. The number of nitrogens with one attached hydrogen (secondary N) is 1. The van der Waals surface area contributed by atoms with Crippen LogP contribution in [0.1, 0.15) is 23.8 Å². The largest absolute Gasteiger partial charge is 0.443 e. The lowest BCUT2D eigenvalue weighted by Crippen LogP contribution is -2.46. The molecule has 4 rings (SSSR count). The third-order valence-electron chi connectivity index (χ3n) is 4.99. The Bertz CT molecular complexity index is 1040. The molecule has 7 nitrogen and oxygen atoms in total. The number of hydrogen-bond donors (Lipinski definition) is 2. The van der Waals surface area contributed by atoms with E-state index < -0.39 is 23.1 Å². The quantitative estimate of drug-likeness (QED) is 0.680. The predicted octanol–water partition coefficient (Wildman–Crippen LogP) is 3.44. The van der Waals surface area contributed by atoms with Crippen molar-refractivity contribution in [3.05, 3.63) is 60.3 Å². The molecule has 0 radical (unpaired) electrons. The average Bonchev–Trinajstić information content (AvgIpc) is 3.17. The SMILES string of the molecule is C[C@@H]1C[C@H](N)CN(c2ccncc2NC(=O)c2coc(-c3c(F)cccc3F)n2)C1. The Morgan fingerprint density at radius 1 is 1.27 bits per heavy atom. The second-order valence-corrected chi connectivity index (χ2v) is 7.49. The summed E-state index contributed by atoms with van der Waals surface area (Å²) in [4.78, 5) is 22.8. The molecule has 1 saturated heterocycles. The zero-order chi connectivity index (χ0) is 21.3. The molecule has 1 aliphatic rings. The van der Waals surface area contributed by atoms with Gasteiger partial charge in [0.05, 0.1) is 17.6 Å². The molecule has 9 heteroatoms. The second-order valence-electron chi connectivity index (χ2n) is 7.49. The maximum Gasteiger partial charge on any atom is 0.277 e. The number of nitrogens with two attached hydrogens (primary N) is 1. The van der Waals surface area contributed by atoms with Crippen molar-refractivity contribution in [1.29, 1.82) is 0 Å². The Labute approximate surface area is 171 Å². The normalized spacial score (nSPS) is 19.0. The van der Waals surface area contributed by atoms with Gasteiger partial charge in [-0.1, -0.05) is 13.0 Å². The second kappa shape index (κ2) is 8.19. The van der Waals surface area contributed by atoms with Crippen LogP contribution < -0.4 is 16.0 Å². The average molecular weight is 413 g/mol. The van der Waals surface area contributed by atoms with Crippen molar-refractivity contribution in [2.75, 3.05) is 23.3 Å². The molecular weight excluding hydrogens is 392 g/mol. The number of aromatic nitrogens is 2. The molecular formula is C21H21F2N5O2. The van der Waals surface area contributed by atoms with Crippen molar-refractivity contribution in [3.8, 4) is 11.5 Å². The van der Waals surface area contributed by atoms with Gasteiger partial charge in [-0.2, -0.15) is 0 Å². The van der Waals surface area contributed by atoms with Crippen molar-refractivity contribution in [2.45, 2.75) is 19.4 Å². The number of carbonyl (C=O) groups is 1. The number of anilines is 2. The van der Waals surface area contributed by atoms with Gasteiger partial charge in [0.2, 0.25) is 5.89 Å². The number of nitrogens with zero attached hydrogens (tertiary/aromatic N) is 3. The molecule has 0 bridgehead atoms. The van der Waals surface area contributed by atoms with Crippen LogP contribution in [0.4, 0.5) is 20.2 Å². The molecule has 3 heterocycles. The van der Waals surface area contributed by atoms with E-state index in [1.54, 1.807) is 6.20 Å². The van der Waals surface area contributed by atoms with Crippen LogP contribution in [0, 0.1) is 17.6 Å². The van der Waals surface area contributed by atoms with Gasteiger partial charge in [-0.05, 0) is 30.5 Å². The summed E-state index contributed by atoms with van der Waals surface area (Å²) in [6, 6.07) is 5.27. The monoisotopic (exact) mass is 413 g/mol. The van der Waals surface area contributed by atoms with Crippen LogP contribution in [0.5, 0.6) is 0 Å². The lowest BCUT2D eigenvalue weighted by molar-refractivity contribution is 0.102. The standard InChI is InChI=1S/C21H21F2N5O2/c1-12-7-13(24)10-28(9-12)18-5-6-25-8-16(18)26-20(29)17-11-30-21(27-17)19-14(22)3-2-4-15(19)23/h2-6,8,11-13H,7,9-10,24H2,1H3,(H,26,29)/t12-,13+/m1/s1. The molecule has 0 spiro atoms. The number of halogens is 2. The molecule has 30 heavy (non-hydrogen) atoms. The molecule has 3 N–H and O–H groups in total. The highest BCUT2D eigenvalue weighted by atomic mass is 19.1. The van der Waals surface area contributed by atoms with E-state index in [-0.39, 0.29) is 17.6 Å². The highest BCUT2D eigenvalue weighted by Crippen LogP contribution is 2.30. The first kappa shape index (κ1) is 20.0. The number of rotatable bonds is 4. The molecule has 1 aliphatic heterocycles. The van der Waals surface area contributed by atoms with Crippen LogP contribution >= 0.6 is 0 Å². The summed E-state index contributed by atoms with van der Waals surface area (Å²) >= 11 is 0. The van der Waals surface area contributed by atoms with E-state index in [9.17, 15) is 13.6 Å². The third kappa shape index (κ3) is 4.02. The van der Waals surface area contributed by atoms with E-state index >= 15 is 0 Å². The number of benzene rings is 1. The van der Waals surface area contributed by atoms with Gasteiger partial charge in [0.15, 0.2) is 5.69 Å². The Kier molecular flexibility index (Phi) is 5.45. The number of piperidine rings is 1. The van der Waals surface area contributed by atoms with Gasteiger partial charge < -0.3 is 20.4 Å². The molecule has 0 saturated carbocycles. The van der Waals surface area contributed by atoms with Gasteiger partial charge >= 0.3 is 0 Å². The Balaban J connectivity index is 1.57. The first-order valence-electron chi connectivity index (χ1n) is 9.58. The highest BCUT2D eigenvalue weighted by molar-refractivity contribution is 6.04. The van der Waals surface area contributed by atoms with Crippen molar-refractivity contribution in [3.63, 3.8) is 0 Å². The molecule has 0 aliphatic carbocycles. The number of pyridine rings is 1. The van der Waals surface area contributed by atoms with E-state index in [1.807, 2.05) is 6.07 Å². The van der Waals surface area contributed by atoms with Crippen LogP contribution in [0.3, 0.4) is 0 Å². The van der Waals surface area contributed by atoms with Crippen LogP contribution in [0.15, 0.2) is 47.3 Å². The summed E-state index contributed by atoms with van der Waals surface area (Å²) in [6.45, 7) is 3.60. The lowest BCUT2D eigenvalue weighted by Gasteiger charge is -2.37. The summed E-state index contributed by atoms with van der Waals surface area (Å²) in [7, 11) is 0. The fraction of sp³-hybridized carbons (Fsp3) is 0.286. The van der Waals surface area contributed by atoms with Crippen molar-refractivity contribution in [1.82, 2.24) is 9.97 Å². The summed E-state index contributed by atoms with van der Waals surface area (Å²) in [5, 5.41) is 2.75. The molecule has 2 aromatic heterocycles. The zero-order valence-electron chi connectivity index (χ0n) is 16.3. The van der Waals surface area contributed by atoms with E-state index in [2.05, 4.69) is 27.1 Å². The molecule has 156 valence electrons. The summed E-state index contributed by atoms with van der Waals surface area (Å²) < 4.78 is 33.1. The molecule has 3 aromatic rings. The minimum absolute atomic E-state index is 0.0410. The predicted molar refractivity (Wildman–Crippen MR) is 108 cm³/mol. The highest BCUT2D eigenvalue weighted by Gasteiger charge is 2.25. The van der Waals surface area contributed by atoms with E-state index in [4.69, 9.17) is 10.2 Å². The van der Waals surface area contributed by atoms with E-state index in [1.165, 1.54) is 12.3 Å². The number of hydrogen-bond acceptors (Lipinski definition) is 6. The third-order valence-corrected chi connectivity index (χ3v) is 4.99. The van der Waals surface area contributed by atoms with Crippen LogP contribution in [0.25, 0.3) is 11.5 Å². The van der Waals surface area contributed by atoms with Crippen LogP contribution in [-0.4, -0.2) is 35.0 Å². The smallest absolute Gasteiger partial charge is 0.277 e. The van der Waals surface area contributed by atoms with Gasteiger partial charge in [0.25, 0.3) is 5.91 Å². The fourth-order valence-electron chi connectivity index (χ4n) is 3.74. The van der Waals surface area contributed by atoms with Crippen LogP contribution in [0.2, 0.25) is 0 Å². The number of oxazole rings is 1. The maximum absolute atomic E-state index is 14.0. The minimum Gasteiger partial charge on any atom is -0.443 e.